The summed E-state index contributed by atoms with van der Waals surface area (Å²) in [7, 11) is 0. The number of nitrogens with zero attached hydrogens (tertiary/aromatic N) is 3. The van der Waals surface area contributed by atoms with Gasteiger partial charge >= 0.3 is 0 Å². The van der Waals surface area contributed by atoms with Crippen LogP contribution in [-0.4, -0.2) is 20.1 Å². The van der Waals surface area contributed by atoms with Gasteiger partial charge in [0, 0.05) is 22.7 Å². The van der Waals surface area contributed by atoms with Gasteiger partial charge in [-0.25, -0.2) is 15.0 Å². The fraction of sp³-hybridized carbons (Fsp3) is 0.294. The standard InChI is InChI=1S/C17H20N4S2/c1-11-5-7-13(8-6-11)23-16(22)21-14(18)12-9-19-15(20-10-12)17(2,3)4/h5-10H,1-4H3,(H2,18,21,22). The van der Waals surface area contributed by atoms with Gasteiger partial charge in [0.15, 0.2) is 4.32 Å². The molecule has 0 spiro atoms. The lowest BCUT2D eigenvalue weighted by Crippen LogP contribution is -2.19. The number of hydrogen-bond donors (Lipinski definition) is 1. The number of aryl methyl sites for hydroxylation is 1. The van der Waals surface area contributed by atoms with Gasteiger partial charge in [-0.1, -0.05) is 62.4 Å². The molecule has 0 bridgehead atoms. The van der Waals surface area contributed by atoms with E-state index in [1.807, 2.05) is 31.2 Å². The maximum absolute atomic E-state index is 6.00. The molecule has 0 aliphatic carbocycles. The highest BCUT2D eigenvalue weighted by Gasteiger charge is 2.17. The number of thiocarbonyl (C=S) groups is 1. The number of hydrogen-bond acceptors (Lipinski definition) is 4. The first-order chi connectivity index (χ1) is 10.8. The predicted molar refractivity (Wildman–Crippen MR) is 101 cm³/mol. The molecule has 0 aliphatic rings. The van der Waals surface area contributed by atoms with Crippen LogP contribution < -0.4 is 5.73 Å². The molecule has 1 aromatic carbocycles. The van der Waals surface area contributed by atoms with E-state index in [0.717, 1.165) is 10.7 Å². The van der Waals surface area contributed by atoms with E-state index in [4.69, 9.17) is 18.0 Å². The molecule has 6 heteroatoms. The number of amidine groups is 1. The maximum Gasteiger partial charge on any atom is 0.166 e. The van der Waals surface area contributed by atoms with Gasteiger partial charge in [-0.05, 0) is 19.1 Å². The first-order valence-corrected chi connectivity index (χ1v) is 8.44. The summed E-state index contributed by atoms with van der Waals surface area (Å²) in [6.07, 6.45) is 3.37. The number of nitrogens with two attached hydrogens (primary N) is 1. The van der Waals surface area contributed by atoms with E-state index < -0.39 is 0 Å². The van der Waals surface area contributed by atoms with Crippen molar-refractivity contribution in [3.8, 4) is 0 Å². The molecule has 0 fully saturated rings. The summed E-state index contributed by atoms with van der Waals surface area (Å²) >= 11 is 6.69. The normalized spacial score (nSPS) is 12.3. The predicted octanol–water partition coefficient (Wildman–Crippen LogP) is 3.87. The van der Waals surface area contributed by atoms with Crippen LogP contribution >= 0.6 is 24.0 Å². The van der Waals surface area contributed by atoms with Crippen LogP contribution in [0.1, 0.15) is 37.7 Å². The van der Waals surface area contributed by atoms with Crippen molar-refractivity contribution in [3.05, 3.63) is 53.6 Å². The molecule has 0 aliphatic heterocycles. The quantitative estimate of drug-likeness (QED) is 0.388. The molecule has 23 heavy (non-hydrogen) atoms. The minimum atomic E-state index is -0.0962. The lowest BCUT2D eigenvalue weighted by Gasteiger charge is -2.15. The van der Waals surface area contributed by atoms with Crippen molar-refractivity contribution in [3.63, 3.8) is 0 Å². The second kappa shape index (κ2) is 7.19. The molecule has 0 saturated heterocycles. The van der Waals surface area contributed by atoms with E-state index in [9.17, 15) is 0 Å². The first kappa shape index (κ1) is 17.6. The number of thioether (sulfide) groups is 1. The van der Waals surface area contributed by atoms with Crippen LogP contribution in [0.2, 0.25) is 0 Å². The lowest BCUT2D eigenvalue weighted by atomic mass is 9.96. The smallest absolute Gasteiger partial charge is 0.166 e. The molecule has 0 unspecified atom stereocenters. The molecular formula is C17H20N4S2. The monoisotopic (exact) mass is 344 g/mol. The molecule has 0 radical (unpaired) electrons. The van der Waals surface area contributed by atoms with Crippen LogP contribution in [0.15, 0.2) is 46.5 Å². The average Bonchev–Trinajstić information content (AvgIpc) is 2.49. The molecule has 0 atom stereocenters. The van der Waals surface area contributed by atoms with Crippen LogP contribution in [0.25, 0.3) is 0 Å². The molecule has 0 saturated carbocycles. The van der Waals surface area contributed by atoms with Gasteiger partial charge in [-0.3, -0.25) is 0 Å². The van der Waals surface area contributed by atoms with Crippen LogP contribution in [-0.2, 0) is 5.41 Å². The number of rotatable bonds is 2. The van der Waals surface area contributed by atoms with Crippen molar-refractivity contribution in [1.82, 2.24) is 9.97 Å². The summed E-state index contributed by atoms with van der Waals surface area (Å²) in [5.74, 6) is 1.10. The Hall–Kier alpha value is -1.79. The van der Waals surface area contributed by atoms with Gasteiger partial charge in [-0.15, -0.1) is 0 Å². The third-order valence-corrected chi connectivity index (χ3v) is 4.17. The third kappa shape index (κ3) is 5.11. The Bertz CT molecular complexity index is 714. The molecule has 4 nitrogen and oxygen atoms in total. The molecular weight excluding hydrogens is 324 g/mol. The second-order valence-electron chi connectivity index (χ2n) is 6.22. The van der Waals surface area contributed by atoms with Gasteiger partial charge in [0.05, 0.1) is 5.56 Å². The van der Waals surface area contributed by atoms with Gasteiger partial charge in [0.25, 0.3) is 0 Å². The summed E-state index contributed by atoms with van der Waals surface area (Å²) in [5.41, 5.74) is 7.78. The highest BCUT2D eigenvalue weighted by Crippen LogP contribution is 2.21. The SMILES string of the molecule is Cc1ccc(SC(=S)N=C(N)c2cnc(C(C)(C)C)nc2)cc1. The van der Waals surface area contributed by atoms with Crippen LogP contribution in [0.4, 0.5) is 0 Å². The van der Waals surface area contributed by atoms with E-state index in [1.165, 1.54) is 17.3 Å². The summed E-state index contributed by atoms with van der Waals surface area (Å²) in [6.45, 7) is 8.23. The fourth-order valence-corrected chi connectivity index (χ4v) is 2.75. The van der Waals surface area contributed by atoms with Crippen molar-refractivity contribution >= 4 is 34.1 Å². The van der Waals surface area contributed by atoms with Gasteiger partial charge < -0.3 is 5.73 Å². The first-order valence-electron chi connectivity index (χ1n) is 7.21. The van der Waals surface area contributed by atoms with Crippen LogP contribution in [0.5, 0.6) is 0 Å². The second-order valence-corrected chi connectivity index (χ2v) is 7.93. The zero-order chi connectivity index (χ0) is 17.0. The van der Waals surface area contributed by atoms with E-state index >= 15 is 0 Å². The zero-order valence-electron chi connectivity index (χ0n) is 13.7. The van der Waals surface area contributed by atoms with E-state index in [-0.39, 0.29) is 5.41 Å². The Morgan fingerprint density at radius 3 is 2.22 bits per heavy atom. The minimum Gasteiger partial charge on any atom is -0.383 e. The molecule has 1 aromatic heterocycles. The molecule has 120 valence electrons. The molecule has 2 N–H and O–H groups in total. The van der Waals surface area contributed by atoms with Crippen molar-refractivity contribution in [2.75, 3.05) is 0 Å². The van der Waals surface area contributed by atoms with Gasteiger partial charge in [-0.2, -0.15) is 0 Å². The van der Waals surface area contributed by atoms with E-state index in [1.54, 1.807) is 12.4 Å². The van der Waals surface area contributed by atoms with Crippen molar-refractivity contribution in [1.29, 1.82) is 0 Å². The zero-order valence-corrected chi connectivity index (χ0v) is 15.3. The van der Waals surface area contributed by atoms with Crippen molar-refractivity contribution in [2.24, 2.45) is 10.7 Å². The largest absolute Gasteiger partial charge is 0.383 e. The van der Waals surface area contributed by atoms with Gasteiger partial charge in [0.2, 0.25) is 0 Å². The Balaban J connectivity index is 2.09. The van der Waals surface area contributed by atoms with Crippen LogP contribution in [0, 0.1) is 6.92 Å². The average molecular weight is 345 g/mol. The maximum atomic E-state index is 6.00. The third-order valence-electron chi connectivity index (χ3n) is 3.06. The summed E-state index contributed by atoms with van der Waals surface area (Å²) in [5, 5.41) is 0. The number of benzene rings is 1. The number of aromatic nitrogens is 2. The molecule has 1 heterocycles. The molecule has 2 rings (SSSR count). The van der Waals surface area contributed by atoms with E-state index in [2.05, 4.69) is 35.7 Å². The number of aliphatic imine (C=N–C) groups is 1. The summed E-state index contributed by atoms with van der Waals surface area (Å²) in [4.78, 5) is 14.0. The molecule has 0 amide bonds. The van der Waals surface area contributed by atoms with E-state index in [0.29, 0.717) is 15.7 Å². The topological polar surface area (TPSA) is 64.2 Å². The van der Waals surface area contributed by atoms with Crippen LogP contribution in [0.3, 0.4) is 0 Å². The Morgan fingerprint density at radius 2 is 1.70 bits per heavy atom. The summed E-state index contributed by atoms with van der Waals surface area (Å²) < 4.78 is 0.464. The highest BCUT2D eigenvalue weighted by molar-refractivity contribution is 8.23. The minimum absolute atomic E-state index is 0.0962. The van der Waals surface area contributed by atoms with Crippen molar-refractivity contribution < 1.29 is 0 Å². The Labute approximate surface area is 146 Å². The molecule has 2 aromatic rings. The highest BCUT2D eigenvalue weighted by atomic mass is 32.2. The Morgan fingerprint density at radius 1 is 1.13 bits per heavy atom. The van der Waals surface area contributed by atoms with Gasteiger partial charge in [0.1, 0.15) is 11.7 Å². The van der Waals surface area contributed by atoms with Crippen molar-refractivity contribution in [2.45, 2.75) is 38.0 Å². The summed E-state index contributed by atoms with van der Waals surface area (Å²) in [6, 6.07) is 8.10. The Kier molecular flexibility index (Phi) is 5.49. The lowest BCUT2D eigenvalue weighted by molar-refractivity contribution is 0.545. The fourth-order valence-electron chi connectivity index (χ4n) is 1.74.